The Kier molecular flexibility index (Phi) is 7.01. The van der Waals surface area contributed by atoms with Crippen molar-refractivity contribution in [3.63, 3.8) is 0 Å². The molecule has 1 aromatic carbocycles. The number of allylic oxidation sites excluding steroid dienone is 1. The summed E-state index contributed by atoms with van der Waals surface area (Å²) in [5, 5.41) is 0. The van der Waals surface area contributed by atoms with Crippen LogP contribution in [0.4, 0.5) is 0 Å². The van der Waals surface area contributed by atoms with Crippen molar-refractivity contribution in [2.75, 3.05) is 26.2 Å². The number of piperazine rings is 1. The Labute approximate surface area is 157 Å². The fraction of sp³-hybridized carbons (Fsp3) is 0.550. The third-order valence-corrected chi connectivity index (χ3v) is 6.99. The Hall–Kier alpha value is -1.66. The maximum absolute atomic E-state index is 12.9. The summed E-state index contributed by atoms with van der Waals surface area (Å²) >= 11 is 0. The average molecular weight is 379 g/mol. The third kappa shape index (κ3) is 4.54. The highest BCUT2D eigenvalue weighted by Gasteiger charge is 2.30. The summed E-state index contributed by atoms with van der Waals surface area (Å²) in [4.78, 5) is 14.4. The van der Waals surface area contributed by atoms with E-state index < -0.39 is 10.0 Å². The van der Waals surface area contributed by atoms with E-state index in [1.54, 1.807) is 17.0 Å². The fourth-order valence-electron chi connectivity index (χ4n) is 3.13. The molecular formula is C20H30N2O3S. The minimum Gasteiger partial charge on any atom is -0.336 e. The minimum atomic E-state index is -3.51. The Bertz CT molecular complexity index is 746. The first-order chi connectivity index (χ1) is 12.3. The number of sulfonamides is 1. The molecule has 0 aromatic heterocycles. The summed E-state index contributed by atoms with van der Waals surface area (Å²) in [6, 6.07) is 7.20. The van der Waals surface area contributed by atoms with Gasteiger partial charge in [-0.3, -0.25) is 4.79 Å². The van der Waals surface area contributed by atoms with Crippen LogP contribution in [0.2, 0.25) is 0 Å². The van der Waals surface area contributed by atoms with Crippen LogP contribution in [0.1, 0.15) is 52.0 Å². The fourth-order valence-corrected chi connectivity index (χ4v) is 4.55. The summed E-state index contributed by atoms with van der Waals surface area (Å²) in [6.45, 7) is 9.58. The maximum atomic E-state index is 12.9. The molecule has 1 aromatic rings. The smallest absolute Gasteiger partial charge is 0.249 e. The number of carbonyl (C=O) groups is 1. The highest BCUT2D eigenvalue weighted by atomic mass is 32.2. The topological polar surface area (TPSA) is 57.7 Å². The molecular weight excluding hydrogens is 348 g/mol. The van der Waals surface area contributed by atoms with E-state index in [4.69, 9.17) is 0 Å². The van der Waals surface area contributed by atoms with E-state index in [1.165, 1.54) is 4.31 Å². The molecule has 1 aliphatic heterocycles. The van der Waals surface area contributed by atoms with E-state index in [9.17, 15) is 13.2 Å². The van der Waals surface area contributed by atoms with E-state index in [0.717, 1.165) is 24.0 Å². The lowest BCUT2D eigenvalue weighted by atomic mass is 9.99. The molecule has 0 spiro atoms. The second-order valence-electron chi connectivity index (χ2n) is 6.87. The first-order valence-electron chi connectivity index (χ1n) is 9.37. The number of rotatable bonds is 6. The van der Waals surface area contributed by atoms with Gasteiger partial charge >= 0.3 is 0 Å². The normalized spacial score (nSPS) is 18.0. The quantitative estimate of drug-likeness (QED) is 0.713. The van der Waals surface area contributed by atoms with Gasteiger partial charge in [-0.05, 0) is 43.4 Å². The van der Waals surface area contributed by atoms with Crippen LogP contribution in [-0.4, -0.2) is 49.7 Å². The van der Waals surface area contributed by atoms with Crippen LogP contribution in [0.15, 0.2) is 40.8 Å². The van der Waals surface area contributed by atoms with Crippen LogP contribution in [0.5, 0.6) is 0 Å². The number of nitrogens with zero attached hydrogens (tertiary/aromatic N) is 2. The van der Waals surface area contributed by atoms with E-state index in [1.807, 2.05) is 32.1 Å². The van der Waals surface area contributed by atoms with Gasteiger partial charge in [-0.15, -0.1) is 0 Å². The van der Waals surface area contributed by atoms with Crippen LogP contribution in [0.3, 0.4) is 0 Å². The van der Waals surface area contributed by atoms with Crippen LogP contribution >= 0.6 is 0 Å². The Morgan fingerprint density at radius 1 is 1.12 bits per heavy atom. The zero-order valence-electron chi connectivity index (χ0n) is 16.2. The molecule has 1 unspecified atom stereocenters. The highest BCUT2D eigenvalue weighted by molar-refractivity contribution is 7.89. The van der Waals surface area contributed by atoms with Crippen LogP contribution in [0.25, 0.3) is 0 Å². The average Bonchev–Trinajstić information content (AvgIpc) is 2.67. The van der Waals surface area contributed by atoms with Gasteiger partial charge in [0, 0.05) is 31.8 Å². The molecule has 2 rings (SSSR count). The number of carbonyl (C=O) groups excluding carboxylic acids is 1. The van der Waals surface area contributed by atoms with Crippen molar-refractivity contribution in [1.29, 1.82) is 0 Å². The standard InChI is InChI=1S/C20H30N2O3S/c1-5-7-17(4)20(23)21-12-14-22(15-13-21)26(24,25)19-10-8-18(9-11-19)16(3)6-2/h7-11,16H,5-6,12-15H2,1-4H3/b17-7-. The van der Waals surface area contributed by atoms with Crippen molar-refractivity contribution in [2.45, 2.75) is 51.3 Å². The van der Waals surface area contributed by atoms with Gasteiger partial charge in [-0.25, -0.2) is 8.42 Å². The number of benzene rings is 1. The molecule has 1 amide bonds. The van der Waals surface area contributed by atoms with Crippen molar-refractivity contribution in [3.8, 4) is 0 Å². The molecule has 5 nitrogen and oxygen atoms in total. The van der Waals surface area contributed by atoms with Crippen molar-refractivity contribution in [3.05, 3.63) is 41.5 Å². The van der Waals surface area contributed by atoms with E-state index >= 15 is 0 Å². The molecule has 1 heterocycles. The zero-order valence-corrected chi connectivity index (χ0v) is 17.1. The van der Waals surface area contributed by atoms with Gasteiger partial charge in [0.2, 0.25) is 15.9 Å². The third-order valence-electron chi connectivity index (χ3n) is 5.07. The van der Waals surface area contributed by atoms with Gasteiger partial charge < -0.3 is 4.90 Å². The largest absolute Gasteiger partial charge is 0.336 e. The van der Waals surface area contributed by atoms with E-state index in [0.29, 0.717) is 37.0 Å². The molecule has 0 radical (unpaired) electrons. The first kappa shape index (κ1) is 20.6. The molecule has 6 heteroatoms. The van der Waals surface area contributed by atoms with Gasteiger partial charge in [-0.1, -0.05) is 39.0 Å². The highest BCUT2D eigenvalue weighted by Crippen LogP contribution is 2.23. The lowest BCUT2D eigenvalue weighted by molar-refractivity contribution is -0.128. The lowest BCUT2D eigenvalue weighted by Gasteiger charge is -2.34. The van der Waals surface area contributed by atoms with Crippen molar-refractivity contribution in [1.82, 2.24) is 9.21 Å². The number of amides is 1. The van der Waals surface area contributed by atoms with Gasteiger partial charge in [-0.2, -0.15) is 4.31 Å². The maximum Gasteiger partial charge on any atom is 0.249 e. The minimum absolute atomic E-state index is 0.00167. The predicted octanol–water partition coefficient (Wildman–Crippen LogP) is 3.39. The van der Waals surface area contributed by atoms with Crippen LogP contribution < -0.4 is 0 Å². The number of hydrogen-bond acceptors (Lipinski definition) is 3. The second kappa shape index (κ2) is 8.82. The summed E-state index contributed by atoms with van der Waals surface area (Å²) in [6.07, 6.45) is 3.75. The molecule has 0 saturated carbocycles. The SMILES string of the molecule is CC/C=C(/C)C(=O)N1CCN(S(=O)(=O)c2ccc(C(C)CC)cc2)CC1. The summed E-state index contributed by atoms with van der Waals surface area (Å²) < 4.78 is 27.2. The Morgan fingerprint density at radius 3 is 2.19 bits per heavy atom. The summed E-state index contributed by atoms with van der Waals surface area (Å²) in [5.74, 6) is 0.419. The Morgan fingerprint density at radius 2 is 1.69 bits per heavy atom. The van der Waals surface area contributed by atoms with Crippen LogP contribution in [-0.2, 0) is 14.8 Å². The molecule has 26 heavy (non-hydrogen) atoms. The van der Waals surface area contributed by atoms with Gasteiger partial charge in [0.15, 0.2) is 0 Å². The first-order valence-corrected chi connectivity index (χ1v) is 10.8. The van der Waals surface area contributed by atoms with E-state index in [-0.39, 0.29) is 5.91 Å². The molecule has 0 N–H and O–H groups in total. The Balaban J connectivity index is 2.06. The second-order valence-corrected chi connectivity index (χ2v) is 8.81. The molecule has 1 aliphatic rings. The van der Waals surface area contributed by atoms with Gasteiger partial charge in [0.25, 0.3) is 0 Å². The molecule has 0 aliphatic carbocycles. The molecule has 0 bridgehead atoms. The van der Waals surface area contributed by atoms with Crippen molar-refractivity contribution < 1.29 is 13.2 Å². The van der Waals surface area contributed by atoms with Gasteiger partial charge in [0.1, 0.15) is 0 Å². The number of hydrogen-bond donors (Lipinski definition) is 0. The molecule has 1 atom stereocenters. The zero-order chi connectivity index (χ0) is 19.3. The van der Waals surface area contributed by atoms with Gasteiger partial charge in [0.05, 0.1) is 4.90 Å². The monoisotopic (exact) mass is 378 g/mol. The van der Waals surface area contributed by atoms with Crippen LogP contribution in [0, 0.1) is 0 Å². The molecule has 144 valence electrons. The molecule has 1 fully saturated rings. The lowest BCUT2D eigenvalue weighted by Crippen LogP contribution is -2.50. The molecule has 1 saturated heterocycles. The summed E-state index contributed by atoms with van der Waals surface area (Å²) in [7, 11) is -3.51. The van der Waals surface area contributed by atoms with Crippen molar-refractivity contribution >= 4 is 15.9 Å². The summed E-state index contributed by atoms with van der Waals surface area (Å²) in [5.41, 5.74) is 1.88. The van der Waals surface area contributed by atoms with E-state index in [2.05, 4.69) is 13.8 Å². The van der Waals surface area contributed by atoms with Crippen molar-refractivity contribution in [2.24, 2.45) is 0 Å². The predicted molar refractivity (Wildman–Crippen MR) is 105 cm³/mol.